The van der Waals surface area contributed by atoms with Gasteiger partial charge in [-0.05, 0) is 90.8 Å². The third-order valence-electron chi connectivity index (χ3n) is 6.51. The Morgan fingerprint density at radius 3 is 2.33 bits per heavy atom. The van der Waals surface area contributed by atoms with Crippen molar-refractivity contribution in [3.63, 3.8) is 0 Å². The van der Waals surface area contributed by atoms with Gasteiger partial charge in [-0.1, -0.05) is 48.0 Å². The first kappa shape index (κ1) is 20.3. The normalized spacial score (nSPS) is 15.7. The highest BCUT2D eigenvalue weighted by Gasteiger charge is 2.27. The zero-order valence-electron chi connectivity index (χ0n) is 18.6. The van der Waals surface area contributed by atoms with E-state index in [1.165, 1.54) is 44.5 Å². The minimum atomic E-state index is 0.370. The highest BCUT2D eigenvalue weighted by atomic mass is 16.5. The van der Waals surface area contributed by atoms with Gasteiger partial charge in [-0.25, -0.2) is 0 Å². The van der Waals surface area contributed by atoms with Crippen LogP contribution in [0.15, 0.2) is 66.2 Å². The molecule has 0 bridgehead atoms. The van der Waals surface area contributed by atoms with Gasteiger partial charge < -0.3 is 9.47 Å². The molecule has 0 fully saturated rings. The summed E-state index contributed by atoms with van der Waals surface area (Å²) >= 11 is 0. The molecule has 3 aromatic rings. The molecule has 30 heavy (non-hydrogen) atoms. The quantitative estimate of drug-likeness (QED) is 0.477. The van der Waals surface area contributed by atoms with Crippen LogP contribution in [0.1, 0.15) is 46.2 Å². The van der Waals surface area contributed by atoms with Gasteiger partial charge >= 0.3 is 0 Å². The first-order chi connectivity index (χ1) is 14.5. The van der Waals surface area contributed by atoms with Gasteiger partial charge in [-0.2, -0.15) is 0 Å². The summed E-state index contributed by atoms with van der Waals surface area (Å²) in [6.07, 6.45) is 1.94. The first-order valence-corrected chi connectivity index (χ1v) is 10.6. The van der Waals surface area contributed by atoms with Crippen LogP contribution in [0.5, 0.6) is 11.5 Å². The van der Waals surface area contributed by atoms with E-state index in [2.05, 4.69) is 81.4 Å². The number of fused-ring (bicyclic) bond motifs is 1. The molecule has 2 heteroatoms. The molecule has 0 aliphatic heterocycles. The molecule has 1 unspecified atom stereocenters. The van der Waals surface area contributed by atoms with E-state index in [4.69, 9.17) is 9.47 Å². The van der Waals surface area contributed by atoms with Crippen LogP contribution < -0.4 is 9.47 Å². The Labute approximate surface area is 180 Å². The van der Waals surface area contributed by atoms with Crippen LogP contribution in [0, 0.1) is 13.8 Å². The van der Waals surface area contributed by atoms with Crippen LogP contribution >= 0.6 is 0 Å². The zero-order valence-corrected chi connectivity index (χ0v) is 18.6. The molecule has 0 aromatic heterocycles. The van der Waals surface area contributed by atoms with Crippen molar-refractivity contribution < 1.29 is 9.47 Å². The van der Waals surface area contributed by atoms with Crippen LogP contribution in [-0.2, 0) is 12.8 Å². The van der Waals surface area contributed by atoms with Gasteiger partial charge in [0.25, 0.3) is 0 Å². The molecule has 0 amide bonds. The lowest BCUT2D eigenvalue weighted by Gasteiger charge is -2.30. The summed E-state index contributed by atoms with van der Waals surface area (Å²) in [6, 6.07) is 21.8. The summed E-state index contributed by atoms with van der Waals surface area (Å²) < 4.78 is 11.0. The summed E-state index contributed by atoms with van der Waals surface area (Å²) in [5.74, 6) is 2.23. The second-order valence-electron chi connectivity index (χ2n) is 8.27. The number of methoxy groups -OCH3 is 2. The molecular formula is C28H30O2. The first-order valence-electron chi connectivity index (χ1n) is 10.6. The maximum absolute atomic E-state index is 5.55. The lowest BCUT2D eigenvalue weighted by atomic mass is 9.74. The fourth-order valence-electron chi connectivity index (χ4n) is 4.66. The molecule has 0 spiro atoms. The minimum absolute atomic E-state index is 0.370. The monoisotopic (exact) mass is 398 g/mol. The number of allylic oxidation sites excluding steroid dienone is 2. The summed E-state index contributed by atoms with van der Waals surface area (Å²) in [5.41, 5.74) is 10.8. The van der Waals surface area contributed by atoms with Crippen molar-refractivity contribution in [2.45, 2.75) is 39.5 Å². The highest BCUT2D eigenvalue weighted by molar-refractivity contribution is 5.77. The van der Waals surface area contributed by atoms with E-state index >= 15 is 0 Å². The molecule has 3 aromatic carbocycles. The molecule has 0 heterocycles. The largest absolute Gasteiger partial charge is 0.497 e. The van der Waals surface area contributed by atoms with E-state index in [1.807, 2.05) is 0 Å². The molecule has 154 valence electrons. The average Bonchev–Trinajstić information content (AvgIpc) is 2.76. The molecule has 0 N–H and O–H groups in total. The van der Waals surface area contributed by atoms with Crippen molar-refractivity contribution in [2.75, 3.05) is 14.2 Å². The van der Waals surface area contributed by atoms with Gasteiger partial charge in [0.15, 0.2) is 0 Å². The number of benzene rings is 3. The third-order valence-corrected chi connectivity index (χ3v) is 6.51. The Balaban J connectivity index is 1.84. The SMILES string of the molecule is COc1ccc2c(c1)C(Cc1ccccc1C)=C(C)C(c1ccc(OC)c(C)c1)C2. The smallest absolute Gasteiger partial charge is 0.121 e. The Kier molecular flexibility index (Phi) is 5.67. The minimum Gasteiger partial charge on any atom is -0.497 e. The molecule has 0 saturated heterocycles. The summed E-state index contributed by atoms with van der Waals surface area (Å²) in [6.45, 7) is 6.63. The maximum atomic E-state index is 5.55. The van der Waals surface area contributed by atoms with Gasteiger partial charge in [0.05, 0.1) is 14.2 Å². The Hall–Kier alpha value is -3.00. The van der Waals surface area contributed by atoms with Gasteiger partial charge in [0.2, 0.25) is 0 Å². The fraction of sp³-hybridized carbons (Fsp3) is 0.286. The van der Waals surface area contributed by atoms with Crippen LogP contribution in [-0.4, -0.2) is 14.2 Å². The second-order valence-corrected chi connectivity index (χ2v) is 8.27. The number of ether oxygens (including phenoxy) is 2. The van der Waals surface area contributed by atoms with E-state index in [1.54, 1.807) is 14.2 Å². The van der Waals surface area contributed by atoms with E-state index in [9.17, 15) is 0 Å². The number of rotatable bonds is 5. The van der Waals surface area contributed by atoms with Crippen molar-refractivity contribution in [1.29, 1.82) is 0 Å². The van der Waals surface area contributed by atoms with Gasteiger partial charge in [-0.15, -0.1) is 0 Å². The number of aryl methyl sites for hydroxylation is 2. The number of hydrogen-bond acceptors (Lipinski definition) is 2. The van der Waals surface area contributed by atoms with Gasteiger partial charge in [0, 0.05) is 5.92 Å². The summed E-state index contributed by atoms with van der Waals surface area (Å²) in [4.78, 5) is 0. The van der Waals surface area contributed by atoms with Crippen LogP contribution in [0.3, 0.4) is 0 Å². The zero-order chi connectivity index (χ0) is 21.3. The molecule has 0 radical (unpaired) electrons. The van der Waals surface area contributed by atoms with E-state index in [0.29, 0.717) is 5.92 Å². The second kappa shape index (κ2) is 8.39. The Morgan fingerprint density at radius 1 is 0.833 bits per heavy atom. The van der Waals surface area contributed by atoms with E-state index in [0.717, 1.165) is 24.3 Å². The van der Waals surface area contributed by atoms with Crippen molar-refractivity contribution in [3.8, 4) is 11.5 Å². The Morgan fingerprint density at radius 2 is 1.63 bits per heavy atom. The standard InChI is InChI=1S/C28H30O2/c1-18-8-6-7-9-21(18)15-26-20(3)25(22-11-13-28(30-5)19(2)14-22)16-23-10-12-24(29-4)17-27(23)26/h6-14,17,25H,15-16H2,1-5H3. The van der Waals surface area contributed by atoms with Crippen molar-refractivity contribution in [1.82, 2.24) is 0 Å². The van der Waals surface area contributed by atoms with Crippen molar-refractivity contribution in [2.24, 2.45) is 0 Å². The molecule has 4 rings (SSSR count). The van der Waals surface area contributed by atoms with Gasteiger partial charge in [-0.3, -0.25) is 0 Å². The predicted molar refractivity (Wildman–Crippen MR) is 125 cm³/mol. The molecular weight excluding hydrogens is 368 g/mol. The van der Waals surface area contributed by atoms with E-state index in [-0.39, 0.29) is 0 Å². The molecule has 0 saturated carbocycles. The van der Waals surface area contributed by atoms with Crippen LogP contribution in [0.25, 0.3) is 5.57 Å². The van der Waals surface area contributed by atoms with Crippen molar-refractivity contribution in [3.05, 3.63) is 99.6 Å². The molecule has 1 aliphatic rings. The average molecular weight is 399 g/mol. The number of hydrogen-bond donors (Lipinski definition) is 0. The van der Waals surface area contributed by atoms with Crippen LogP contribution in [0.2, 0.25) is 0 Å². The lowest BCUT2D eigenvalue weighted by molar-refractivity contribution is 0.411. The maximum Gasteiger partial charge on any atom is 0.121 e. The lowest BCUT2D eigenvalue weighted by Crippen LogP contribution is -2.15. The topological polar surface area (TPSA) is 18.5 Å². The summed E-state index contributed by atoms with van der Waals surface area (Å²) in [7, 11) is 3.47. The van der Waals surface area contributed by atoms with Crippen LogP contribution in [0.4, 0.5) is 0 Å². The molecule has 1 atom stereocenters. The fourth-order valence-corrected chi connectivity index (χ4v) is 4.66. The molecule has 1 aliphatic carbocycles. The predicted octanol–water partition coefficient (Wildman–Crippen LogP) is 6.68. The van der Waals surface area contributed by atoms with Gasteiger partial charge in [0.1, 0.15) is 11.5 Å². The third kappa shape index (κ3) is 3.75. The molecule has 2 nitrogen and oxygen atoms in total. The van der Waals surface area contributed by atoms with Crippen molar-refractivity contribution >= 4 is 5.57 Å². The Bertz CT molecular complexity index is 1110. The summed E-state index contributed by atoms with van der Waals surface area (Å²) in [5, 5.41) is 0. The highest BCUT2D eigenvalue weighted by Crippen LogP contribution is 2.43. The van der Waals surface area contributed by atoms with E-state index < -0.39 is 0 Å².